The molecule has 7 aromatic carbocycles. The number of amides is 4. The van der Waals surface area contributed by atoms with E-state index in [1.807, 2.05) is 6.92 Å². The molecule has 14 rings (SSSR count). The van der Waals surface area contributed by atoms with Crippen molar-refractivity contribution in [1.29, 1.82) is 0 Å². The van der Waals surface area contributed by atoms with Crippen molar-refractivity contribution in [1.82, 2.24) is 34.1 Å². The minimum Gasteiger partial charge on any atom is -0.451 e. The highest BCUT2D eigenvalue weighted by molar-refractivity contribution is 9.12. The standard InChI is InChI=1S/C27H31FN4O5S2.C23H25FN4O3S2.C15H22N2O3S.C9H6BrFN2S.C7H8FN.C4H7ClO2.C3HBr2NS.CH4/c1-16(2)37-26(34)30-21-11-8-17(13-20(21)28)25-29-15-22(38-25)19-10-9-18(32-12-6-7-24(32)33)14-23(19)39(35,36)31-27(3,4)5;1-23(2,3)27-33(30,31)20-12-15(28-10-4-5-21(28)29)7-8-16(20)19-13-26-22(32-19)14-6-9-18(25)17(24)11-14;1-11-7-8-12(17-9-5-6-14(17)18)10-13(11)21(19,20)16-15(2,3)4;10-8-4-13-9(14-8)5-1-2-7(12)6(11)3-5;1-5-2-3-7(9)6(8)4-5;1-3(2)7-4(5)6;4-2-1-6-3(5)7-2;/h8-11,13-16,31H,6-7,12H2,1-5H3,(H,30,34);6-9,11-13,27H,4-5,10,25H2,1-3H3;7-8,10,16H,5-6,9H2,1-4H3;1-4H,12H2;2-4H,9H2,1H3;3H,1-2H3;1H;1H4. The molecule has 0 bridgehead atoms. The van der Waals surface area contributed by atoms with Gasteiger partial charge in [-0.3, -0.25) is 19.7 Å². The molecule has 7 heterocycles. The number of carbonyl (C=O) groups is 5. The molecule has 11 aromatic rings. The van der Waals surface area contributed by atoms with Crippen LogP contribution in [0.25, 0.3) is 52.6 Å². The van der Waals surface area contributed by atoms with Crippen molar-refractivity contribution in [3.05, 3.63) is 198 Å². The Morgan fingerprint density at radius 1 is 0.458 bits per heavy atom. The van der Waals surface area contributed by atoms with Gasteiger partial charge < -0.3 is 41.4 Å². The number of hydrogen-bond donors (Lipinski definition) is 7. The van der Waals surface area contributed by atoms with Crippen molar-refractivity contribution < 1.29 is 76.3 Å². The van der Waals surface area contributed by atoms with E-state index in [4.69, 9.17) is 33.5 Å². The van der Waals surface area contributed by atoms with Gasteiger partial charge in [-0.05, 0) is 285 Å². The summed E-state index contributed by atoms with van der Waals surface area (Å²) in [5.41, 5.74) is 19.7. The zero-order valence-corrected chi connectivity index (χ0v) is 84.7. The lowest BCUT2D eigenvalue weighted by Crippen LogP contribution is -2.40. The lowest BCUT2D eigenvalue weighted by molar-refractivity contribution is -0.117. The topological polar surface area (TPSA) is 394 Å². The van der Waals surface area contributed by atoms with Crippen molar-refractivity contribution >= 4 is 204 Å². The maximum Gasteiger partial charge on any atom is 0.411 e. The van der Waals surface area contributed by atoms with Crippen molar-refractivity contribution in [3.63, 3.8) is 0 Å². The molecule has 3 fully saturated rings. The van der Waals surface area contributed by atoms with E-state index >= 15 is 0 Å². The molecule has 3 aliphatic rings. The van der Waals surface area contributed by atoms with Gasteiger partial charge in [-0.25, -0.2) is 86.5 Å². The first-order valence-electron chi connectivity index (χ1n) is 40.0. The Morgan fingerprint density at radius 2 is 0.809 bits per heavy atom. The van der Waals surface area contributed by atoms with E-state index in [9.17, 15) is 66.8 Å². The number of thiazole rings is 4. The Kier molecular flexibility index (Phi) is 39.1. The van der Waals surface area contributed by atoms with Gasteiger partial charge in [-0.2, -0.15) is 0 Å². The van der Waals surface area contributed by atoms with Crippen molar-refractivity contribution in [3.8, 4) is 52.6 Å². The molecule has 10 N–H and O–H groups in total. The number of ether oxygens (including phenoxy) is 2. The molecule has 3 saturated heterocycles. The van der Waals surface area contributed by atoms with Crippen LogP contribution in [0.4, 0.5) is 67.0 Å². The highest BCUT2D eigenvalue weighted by Crippen LogP contribution is 2.42. The van der Waals surface area contributed by atoms with Gasteiger partial charge in [0.05, 0.1) is 79.4 Å². The molecule has 4 aromatic heterocycles. The summed E-state index contributed by atoms with van der Waals surface area (Å²) in [6, 6.07) is 33.2. The molecule has 3 aliphatic heterocycles. The second-order valence-electron chi connectivity index (χ2n) is 32.9. The van der Waals surface area contributed by atoms with Crippen LogP contribution in [0, 0.1) is 37.1 Å². The Morgan fingerprint density at radius 3 is 1.12 bits per heavy atom. The number of carbonyl (C=O) groups excluding carboxylic acids is 5. The second kappa shape index (κ2) is 47.1. The fourth-order valence-corrected chi connectivity index (χ4v) is 22.9. The van der Waals surface area contributed by atoms with E-state index in [0.29, 0.717) is 110 Å². The van der Waals surface area contributed by atoms with Crippen molar-refractivity contribution in [2.75, 3.05) is 56.9 Å². The van der Waals surface area contributed by atoms with Crippen LogP contribution < -0.4 is 51.4 Å². The maximum atomic E-state index is 14.8. The minimum absolute atomic E-state index is 0. The Labute approximate surface area is 808 Å². The fourth-order valence-electron chi connectivity index (χ4n) is 12.3. The normalized spacial score (nSPS) is 13.4. The molecule has 27 nitrogen and oxygen atoms in total. The number of nitrogens with one attached hydrogen (secondary N) is 4. The number of aromatic nitrogens is 4. The van der Waals surface area contributed by atoms with E-state index < -0.39 is 75.7 Å². The summed E-state index contributed by atoms with van der Waals surface area (Å²) in [5, 5.41) is 4.15. The number of sulfonamides is 3. The number of anilines is 7. The van der Waals surface area contributed by atoms with Crippen LogP contribution in [-0.4, -0.2) is 123 Å². The summed E-state index contributed by atoms with van der Waals surface area (Å²) in [5.74, 6) is -1.98. The number of benzene rings is 7. The number of nitrogens with zero attached hydrogens (tertiary/aromatic N) is 7. The van der Waals surface area contributed by atoms with Gasteiger partial charge in [0.2, 0.25) is 47.8 Å². The number of aryl methyl sites for hydroxylation is 2. The Bertz CT molecular complexity index is 6250. The summed E-state index contributed by atoms with van der Waals surface area (Å²) in [7, 11) is -11.5. The highest BCUT2D eigenvalue weighted by Gasteiger charge is 2.33. The largest absolute Gasteiger partial charge is 0.451 e. The third kappa shape index (κ3) is 32.8. The SMILES string of the molecule is Brc1cnc(Br)s1.C.CC(C)(C)NS(=O)(=O)c1cc(N2CCCC2=O)ccc1-c1cnc(-c2ccc(N)c(F)c2)s1.CC(C)OC(=O)Cl.CC(C)OC(=O)Nc1ccc(-c2ncc(-c3ccc(N4CCCC4=O)cc3S(=O)(=O)NC(C)(C)C)s2)cc1F.Cc1ccc(N)c(F)c1.Cc1ccc(N2CCCC2=O)cc1S(=O)(=O)NC(C)(C)C.Nc1ccc(-c2ncc(Br)s2)cc1F. The van der Waals surface area contributed by atoms with Gasteiger partial charge >= 0.3 is 11.5 Å². The highest BCUT2D eigenvalue weighted by atomic mass is 79.9. The summed E-state index contributed by atoms with van der Waals surface area (Å²) >= 11 is 20.0. The average Bonchev–Trinajstić information content (AvgIpc) is 1.76. The van der Waals surface area contributed by atoms with E-state index in [2.05, 4.69) is 91.9 Å². The van der Waals surface area contributed by atoms with Crippen molar-refractivity contribution in [2.24, 2.45) is 0 Å². The van der Waals surface area contributed by atoms with Gasteiger partial charge in [0.25, 0.3) is 0 Å². The van der Waals surface area contributed by atoms with Gasteiger partial charge in [-0.15, -0.1) is 45.3 Å². The molecular formula is C89H104Br3ClF4N14O13S7. The lowest BCUT2D eigenvalue weighted by atomic mass is 10.1. The van der Waals surface area contributed by atoms with E-state index in [1.165, 1.54) is 88.7 Å². The Hall–Kier alpha value is -9.21. The molecule has 42 heteroatoms. The number of halogens is 8. The smallest absolute Gasteiger partial charge is 0.411 e. The Balaban J connectivity index is 0.000000228. The third-order valence-electron chi connectivity index (χ3n) is 17.7. The molecule has 0 spiro atoms. The van der Waals surface area contributed by atoms with Crippen LogP contribution in [0.1, 0.15) is 147 Å². The van der Waals surface area contributed by atoms with Gasteiger partial charge in [0, 0.05) is 124 Å². The quantitative estimate of drug-likeness (QED) is 0.0253. The van der Waals surface area contributed by atoms with Crippen LogP contribution in [0.3, 0.4) is 0 Å². The van der Waals surface area contributed by atoms with Crippen molar-refractivity contribution in [2.45, 2.75) is 193 Å². The average molecular weight is 2150 g/mol. The summed E-state index contributed by atoms with van der Waals surface area (Å²) < 4.78 is 153. The lowest BCUT2D eigenvalue weighted by Gasteiger charge is -2.23. The molecule has 0 aliphatic carbocycles. The molecular weight excluding hydrogens is 2050 g/mol. The molecule has 706 valence electrons. The fraction of sp³-hybridized carbons (Fsp3) is 0.337. The number of rotatable bonds is 17. The predicted octanol–water partition coefficient (Wildman–Crippen LogP) is 22.5. The molecule has 0 unspecified atom stereocenters. The predicted molar refractivity (Wildman–Crippen MR) is 529 cm³/mol. The zero-order valence-electron chi connectivity index (χ0n) is 73.5. The number of hydrogen-bond acceptors (Lipinski definition) is 24. The first-order chi connectivity index (χ1) is 60.6. The van der Waals surface area contributed by atoms with E-state index in [1.54, 1.807) is 220 Å². The third-order valence-corrected chi connectivity index (χ3v) is 28.9. The van der Waals surface area contributed by atoms with Crippen LogP contribution >= 0.6 is 105 Å². The zero-order chi connectivity index (χ0) is 96.5. The molecule has 0 saturated carbocycles. The first kappa shape index (κ1) is 109. The summed E-state index contributed by atoms with van der Waals surface area (Å²) in [6.07, 6.45) is 9.00. The van der Waals surface area contributed by atoms with E-state index in [-0.39, 0.29) is 80.6 Å². The van der Waals surface area contributed by atoms with Gasteiger partial charge in [0.1, 0.15) is 38.3 Å². The molecule has 0 atom stereocenters. The first-order valence-corrected chi connectivity index (χ1v) is 50.5. The summed E-state index contributed by atoms with van der Waals surface area (Å²) in [6.45, 7) is 28.1. The van der Waals surface area contributed by atoms with E-state index in [0.717, 1.165) is 40.5 Å². The maximum absolute atomic E-state index is 14.8. The molecule has 131 heavy (non-hydrogen) atoms. The number of nitrogen functional groups attached to an aromatic ring is 3. The number of nitrogens with two attached hydrogens (primary N) is 3. The second-order valence-corrected chi connectivity index (χ2v) is 46.4. The summed E-state index contributed by atoms with van der Waals surface area (Å²) in [4.78, 5) is 81.1. The van der Waals surface area contributed by atoms with Crippen LogP contribution in [0.5, 0.6) is 0 Å². The van der Waals surface area contributed by atoms with Crippen LogP contribution in [0.15, 0.2) is 178 Å². The minimum atomic E-state index is -3.98. The monoisotopic (exact) mass is 2150 g/mol. The molecule has 0 radical (unpaired) electrons. The van der Waals surface area contributed by atoms with Gasteiger partial charge in [0.15, 0.2) is 3.92 Å². The van der Waals surface area contributed by atoms with Crippen LogP contribution in [-0.2, 0) is 53.9 Å². The van der Waals surface area contributed by atoms with Gasteiger partial charge in [-0.1, -0.05) is 31.7 Å². The molecule has 4 amide bonds. The van der Waals surface area contributed by atoms with Crippen LogP contribution in [0.2, 0.25) is 0 Å².